The van der Waals surface area contributed by atoms with Crippen LogP contribution >= 0.6 is 11.3 Å². The summed E-state index contributed by atoms with van der Waals surface area (Å²) in [6.45, 7) is 9.64. The number of piperidine rings is 1. The van der Waals surface area contributed by atoms with E-state index in [2.05, 4.69) is 45.9 Å². The summed E-state index contributed by atoms with van der Waals surface area (Å²) < 4.78 is 19.3. The van der Waals surface area contributed by atoms with Crippen LogP contribution < -0.4 is 14.2 Å². The molecular formula is C26H30N2O4S. The Labute approximate surface area is 198 Å². The fraction of sp³-hybridized carbons (Fsp3) is 0.462. The van der Waals surface area contributed by atoms with Crippen LogP contribution in [0.25, 0.3) is 10.2 Å². The van der Waals surface area contributed by atoms with E-state index in [1.807, 2.05) is 17.0 Å². The summed E-state index contributed by atoms with van der Waals surface area (Å²) in [7, 11) is 0. The van der Waals surface area contributed by atoms with Gasteiger partial charge in [0.25, 0.3) is 11.1 Å². The summed E-state index contributed by atoms with van der Waals surface area (Å²) in [5.74, 6) is 1.41. The van der Waals surface area contributed by atoms with Crippen LogP contribution in [0.1, 0.15) is 43.4 Å². The predicted molar refractivity (Wildman–Crippen MR) is 130 cm³/mol. The quantitative estimate of drug-likeness (QED) is 0.525. The Bertz CT molecular complexity index is 1160. The molecule has 33 heavy (non-hydrogen) atoms. The molecular weight excluding hydrogens is 436 g/mol. The standard InChI is InChI=1S/C26H30N2O4S/c1-16-8-9-17(2)24-22(16)27-25(33-24)31-19-10-12-28(13-11-19)21(29)15-30-20-7-5-6-18-14-26(3,4)32-23(18)20/h5-9,19H,10-15H2,1-4H3. The first-order valence-corrected chi connectivity index (χ1v) is 12.4. The van der Waals surface area contributed by atoms with E-state index in [0.29, 0.717) is 18.8 Å². The SMILES string of the molecule is Cc1ccc(C)c2sc(OC3CCN(C(=O)COc4cccc5c4OC(C)(C)C5)CC3)nc12. The highest BCUT2D eigenvalue weighted by Gasteiger charge is 2.32. The number of amides is 1. The lowest BCUT2D eigenvalue weighted by Crippen LogP contribution is -2.43. The van der Waals surface area contributed by atoms with Crippen LogP contribution in [-0.2, 0) is 11.2 Å². The number of carbonyl (C=O) groups is 1. The summed E-state index contributed by atoms with van der Waals surface area (Å²) in [6, 6.07) is 10.1. The Balaban J connectivity index is 1.15. The first kappa shape index (κ1) is 22.0. The Kier molecular flexibility index (Phi) is 5.69. The highest BCUT2D eigenvalue weighted by molar-refractivity contribution is 7.20. The fourth-order valence-electron chi connectivity index (χ4n) is 4.59. The second-order valence-electron chi connectivity index (χ2n) is 9.63. The maximum Gasteiger partial charge on any atom is 0.274 e. The van der Waals surface area contributed by atoms with Gasteiger partial charge in [0.1, 0.15) is 11.7 Å². The number of benzene rings is 2. The minimum Gasteiger partial charge on any atom is -0.483 e. The second-order valence-corrected chi connectivity index (χ2v) is 10.6. The van der Waals surface area contributed by atoms with Gasteiger partial charge in [-0.15, -0.1) is 0 Å². The highest BCUT2D eigenvalue weighted by atomic mass is 32.1. The van der Waals surface area contributed by atoms with Gasteiger partial charge in [-0.1, -0.05) is 35.6 Å². The van der Waals surface area contributed by atoms with Crippen LogP contribution in [0.4, 0.5) is 0 Å². The van der Waals surface area contributed by atoms with E-state index in [1.165, 1.54) is 15.8 Å². The number of rotatable bonds is 5. The molecule has 0 N–H and O–H groups in total. The van der Waals surface area contributed by atoms with E-state index < -0.39 is 0 Å². The molecule has 0 atom stereocenters. The number of hydrogen-bond donors (Lipinski definition) is 0. The molecule has 0 spiro atoms. The average molecular weight is 467 g/mol. The molecule has 0 radical (unpaired) electrons. The van der Waals surface area contributed by atoms with E-state index in [-0.39, 0.29) is 24.2 Å². The van der Waals surface area contributed by atoms with Crippen LogP contribution in [-0.4, -0.2) is 47.2 Å². The van der Waals surface area contributed by atoms with Gasteiger partial charge in [0.15, 0.2) is 18.1 Å². The Morgan fingerprint density at radius 1 is 1.18 bits per heavy atom. The van der Waals surface area contributed by atoms with Gasteiger partial charge in [0.2, 0.25) is 0 Å². The fourth-order valence-corrected chi connectivity index (χ4v) is 5.62. The van der Waals surface area contributed by atoms with Crippen molar-refractivity contribution in [3.05, 3.63) is 47.0 Å². The molecule has 1 saturated heterocycles. The zero-order valence-corrected chi connectivity index (χ0v) is 20.5. The van der Waals surface area contributed by atoms with Gasteiger partial charge in [0, 0.05) is 37.9 Å². The summed E-state index contributed by atoms with van der Waals surface area (Å²) >= 11 is 1.61. The van der Waals surface area contributed by atoms with Gasteiger partial charge in [-0.2, -0.15) is 0 Å². The molecule has 1 fully saturated rings. The summed E-state index contributed by atoms with van der Waals surface area (Å²) in [5, 5.41) is 0.719. The van der Waals surface area contributed by atoms with Gasteiger partial charge in [-0.25, -0.2) is 4.98 Å². The summed E-state index contributed by atoms with van der Waals surface area (Å²) in [6.07, 6.45) is 2.49. The molecule has 2 aliphatic heterocycles. The molecule has 5 rings (SSSR count). The van der Waals surface area contributed by atoms with Crippen molar-refractivity contribution >= 4 is 27.5 Å². The number of carbonyl (C=O) groups excluding carboxylic acids is 1. The molecule has 3 heterocycles. The third-order valence-corrected chi connectivity index (χ3v) is 7.47. The molecule has 3 aromatic rings. The van der Waals surface area contributed by atoms with Gasteiger partial charge >= 0.3 is 0 Å². The lowest BCUT2D eigenvalue weighted by atomic mass is 10.0. The van der Waals surface area contributed by atoms with Gasteiger partial charge < -0.3 is 19.1 Å². The molecule has 0 unspecified atom stereocenters. The lowest BCUT2D eigenvalue weighted by Gasteiger charge is -2.31. The number of aryl methyl sites for hydroxylation is 2. The van der Waals surface area contributed by atoms with Crippen molar-refractivity contribution in [1.82, 2.24) is 9.88 Å². The number of aromatic nitrogens is 1. The predicted octanol–water partition coefficient (Wildman–Crippen LogP) is 5.08. The van der Waals surface area contributed by atoms with Gasteiger partial charge in [-0.3, -0.25) is 4.79 Å². The minimum absolute atomic E-state index is 0.00505. The van der Waals surface area contributed by atoms with Crippen LogP contribution in [0.2, 0.25) is 0 Å². The monoisotopic (exact) mass is 466 g/mol. The van der Waals surface area contributed by atoms with Crippen LogP contribution in [0.5, 0.6) is 16.7 Å². The van der Waals surface area contributed by atoms with E-state index in [9.17, 15) is 4.79 Å². The van der Waals surface area contributed by atoms with E-state index in [1.54, 1.807) is 11.3 Å². The minimum atomic E-state index is -0.242. The number of para-hydroxylation sites is 1. The number of nitrogens with zero attached hydrogens (tertiary/aromatic N) is 2. The summed E-state index contributed by atoms with van der Waals surface area (Å²) in [5.41, 5.74) is 4.30. The topological polar surface area (TPSA) is 60.9 Å². The Morgan fingerprint density at radius 3 is 2.70 bits per heavy atom. The summed E-state index contributed by atoms with van der Waals surface area (Å²) in [4.78, 5) is 19.3. The van der Waals surface area contributed by atoms with Crippen molar-refractivity contribution in [2.24, 2.45) is 0 Å². The zero-order chi connectivity index (χ0) is 23.2. The zero-order valence-electron chi connectivity index (χ0n) is 19.6. The molecule has 7 heteroatoms. The molecule has 1 aromatic heterocycles. The molecule has 1 amide bonds. The van der Waals surface area contributed by atoms with Crippen LogP contribution in [0, 0.1) is 13.8 Å². The Hall–Kier alpha value is -2.80. The molecule has 2 aromatic carbocycles. The first-order valence-electron chi connectivity index (χ1n) is 11.5. The van der Waals surface area contributed by atoms with Crippen molar-refractivity contribution in [2.75, 3.05) is 19.7 Å². The maximum absolute atomic E-state index is 12.8. The molecule has 174 valence electrons. The number of likely N-dealkylation sites (tertiary alicyclic amines) is 1. The second kappa shape index (κ2) is 8.52. The lowest BCUT2D eigenvalue weighted by molar-refractivity contribution is -0.135. The highest BCUT2D eigenvalue weighted by Crippen LogP contribution is 2.41. The molecule has 2 aliphatic rings. The van der Waals surface area contributed by atoms with E-state index in [0.717, 1.165) is 41.3 Å². The number of ether oxygens (including phenoxy) is 3. The maximum atomic E-state index is 12.8. The Morgan fingerprint density at radius 2 is 1.94 bits per heavy atom. The average Bonchev–Trinajstić information content (AvgIpc) is 3.35. The smallest absolute Gasteiger partial charge is 0.274 e. The molecule has 6 nitrogen and oxygen atoms in total. The van der Waals surface area contributed by atoms with E-state index in [4.69, 9.17) is 19.2 Å². The molecule has 0 aliphatic carbocycles. The van der Waals surface area contributed by atoms with E-state index >= 15 is 0 Å². The number of fused-ring (bicyclic) bond motifs is 2. The molecule has 0 bridgehead atoms. The molecule has 0 saturated carbocycles. The third-order valence-electron chi connectivity index (χ3n) is 6.39. The first-order chi connectivity index (χ1) is 15.8. The van der Waals surface area contributed by atoms with Gasteiger partial charge in [0.05, 0.1) is 10.2 Å². The van der Waals surface area contributed by atoms with Crippen molar-refractivity contribution in [1.29, 1.82) is 0 Å². The number of thiazole rings is 1. The third kappa shape index (κ3) is 4.51. The van der Waals surface area contributed by atoms with Crippen molar-refractivity contribution < 1.29 is 19.0 Å². The normalized spacial score (nSPS) is 17.6. The van der Waals surface area contributed by atoms with Crippen molar-refractivity contribution in [3.8, 4) is 16.7 Å². The van der Waals surface area contributed by atoms with Crippen molar-refractivity contribution in [3.63, 3.8) is 0 Å². The van der Waals surface area contributed by atoms with Crippen LogP contribution in [0.3, 0.4) is 0 Å². The van der Waals surface area contributed by atoms with Crippen molar-refractivity contribution in [2.45, 2.75) is 58.7 Å². The van der Waals surface area contributed by atoms with Crippen LogP contribution in [0.15, 0.2) is 30.3 Å². The van der Waals surface area contributed by atoms with Gasteiger partial charge in [-0.05, 0) is 44.9 Å². The largest absolute Gasteiger partial charge is 0.483 e. The number of hydrogen-bond acceptors (Lipinski definition) is 6.